The molecule has 4 aromatic rings. The largest absolute Gasteiger partial charge is 0.497 e. The molecule has 1 amide bonds. The highest BCUT2D eigenvalue weighted by Crippen LogP contribution is 2.25. The minimum atomic E-state index is -0.675. The highest BCUT2D eigenvalue weighted by Gasteiger charge is 2.23. The molecule has 0 aliphatic carbocycles. The maximum absolute atomic E-state index is 13.5. The highest BCUT2D eigenvalue weighted by molar-refractivity contribution is 6.07. The van der Waals surface area contributed by atoms with Gasteiger partial charge in [0.1, 0.15) is 22.6 Å². The van der Waals surface area contributed by atoms with Crippen molar-refractivity contribution in [2.24, 2.45) is 0 Å². The number of hydrogen-bond donors (Lipinski definition) is 0. The minimum absolute atomic E-state index is 0.0324. The van der Waals surface area contributed by atoms with Crippen LogP contribution in [0.3, 0.4) is 0 Å². The molecule has 31 heavy (non-hydrogen) atoms. The van der Waals surface area contributed by atoms with Gasteiger partial charge in [0.25, 0.3) is 5.91 Å². The van der Waals surface area contributed by atoms with Crippen molar-refractivity contribution in [1.29, 1.82) is 0 Å². The fraction of sp³-hybridized carbons (Fsp3) is 0.120. The molecule has 156 valence electrons. The lowest BCUT2D eigenvalue weighted by Gasteiger charge is -2.23. The zero-order valence-electron chi connectivity index (χ0n) is 17.2. The summed E-state index contributed by atoms with van der Waals surface area (Å²) >= 11 is 0. The summed E-state index contributed by atoms with van der Waals surface area (Å²) in [4.78, 5) is 27.7. The van der Waals surface area contributed by atoms with Gasteiger partial charge in [0.05, 0.1) is 20.8 Å². The fourth-order valence-electron chi connectivity index (χ4n) is 3.33. The number of benzene rings is 3. The molecule has 0 aliphatic rings. The molecule has 0 unspecified atom stereocenters. The Kier molecular flexibility index (Phi) is 5.71. The van der Waals surface area contributed by atoms with Crippen LogP contribution in [0.1, 0.15) is 15.9 Å². The molecule has 0 aliphatic heterocycles. The van der Waals surface area contributed by atoms with Crippen molar-refractivity contribution in [1.82, 2.24) is 0 Å². The van der Waals surface area contributed by atoms with Crippen LogP contribution in [-0.2, 0) is 6.54 Å². The molecule has 0 N–H and O–H groups in total. The Bertz CT molecular complexity index is 1280. The van der Waals surface area contributed by atoms with Crippen molar-refractivity contribution in [2.45, 2.75) is 6.54 Å². The summed E-state index contributed by atoms with van der Waals surface area (Å²) in [5, 5.41) is 0.681. The van der Waals surface area contributed by atoms with Crippen LogP contribution in [0.25, 0.3) is 11.0 Å². The second kappa shape index (κ2) is 8.75. The molecule has 0 atom stereocenters. The first kappa shape index (κ1) is 20.2. The van der Waals surface area contributed by atoms with Crippen molar-refractivity contribution >= 4 is 22.6 Å². The van der Waals surface area contributed by atoms with Crippen LogP contribution in [0.2, 0.25) is 0 Å². The average Bonchev–Trinajstić information content (AvgIpc) is 2.82. The average molecular weight is 415 g/mol. The number of fused-ring (bicyclic) bond motifs is 1. The molecule has 0 spiro atoms. The number of rotatable bonds is 6. The summed E-state index contributed by atoms with van der Waals surface area (Å²) in [5.41, 5.74) is 1.21. The molecule has 4 rings (SSSR count). The van der Waals surface area contributed by atoms with E-state index in [-0.39, 0.29) is 12.1 Å². The third kappa shape index (κ3) is 4.28. The van der Waals surface area contributed by atoms with Crippen LogP contribution in [0.5, 0.6) is 11.5 Å². The van der Waals surface area contributed by atoms with Gasteiger partial charge in [-0.2, -0.15) is 0 Å². The van der Waals surface area contributed by atoms with E-state index in [0.29, 0.717) is 22.4 Å². The van der Waals surface area contributed by atoms with Gasteiger partial charge in [-0.1, -0.05) is 36.4 Å². The summed E-state index contributed by atoms with van der Waals surface area (Å²) in [6, 6.07) is 23.2. The van der Waals surface area contributed by atoms with Gasteiger partial charge in [-0.3, -0.25) is 4.79 Å². The van der Waals surface area contributed by atoms with Gasteiger partial charge < -0.3 is 18.8 Å². The number of carbonyl (C=O) groups excluding carboxylic acids is 1. The Balaban J connectivity index is 1.78. The first-order chi connectivity index (χ1) is 15.1. The van der Waals surface area contributed by atoms with Crippen molar-refractivity contribution < 1.29 is 18.7 Å². The number of hydrogen-bond acceptors (Lipinski definition) is 5. The van der Waals surface area contributed by atoms with Gasteiger partial charge in [0.15, 0.2) is 0 Å². The highest BCUT2D eigenvalue weighted by atomic mass is 16.5. The van der Waals surface area contributed by atoms with E-state index in [1.54, 1.807) is 62.8 Å². The number of anilines is 1. The van der Waals surface area contributed by atoms with Gasteiger partial charge in [-0.05, 0) is 42.0 Å². The summed E-state index contributed by atoms with van der Waals surface area (Å²) < 4.78 is 15.9. The Hall–Kier alpha value is -4.06. The van der Waals surface area contributed by atoms with E-state index >= 15 is 0 Å². The molecule has 0 saturated heterocycles. The van der Waals surface area contributed by atoms with E-state index in [0.717, 1.165) is 11.3 Å². The predicted molar refractivity (Wildman–Crippen MR) is 119 cm³/mol. The third-order valence-corrected chi connectivity index (χ3v) is 4.98. The third-order valence-electron chi connectivity index (χ3n) is 4.98. The van der Waals surface area contributed by atoms with E-state index < -0.39 is 11.5 Å². The quantitative estimate of drug-likeness (QED) is 0.429. The van der Waals surface area contributed by atoms with Gasteiger partial charge >= 0.3 is 5.63 Å². The predicted octanol–water partition coefficient (Wildman–Crippen LogP) is 4.66. The summed E-state index contributed by atoms with van der Waals surface area (Å²) in [7, 11) is 3.16. The fourth-order valence-corrected chi connectivity index (χ4v) is 3.33. The van der Waals surface area contributed by atoms with E-state index in [9.17, 15) is 9.59 Å². The summed E-state index contributed by atoms with van der Waals surface area (Å²) in [5.74, 6) is 0.873. The van der Waals surface area contributed by atoms with Crippen LogP contribution in [0.15, 0.2) is 88.1 Å². The normalized spacial score (nSPS) is 10.6. The van der Waals surface area contributed by atoms with Crippen LogP contribution in [-0.4, -0.2) is 20.1 Å². The van der Waals surface area contributed by atoms with E-state index in [2.05, 4.69) is 0 Å². The minimum Gasteiger partial charge on any atom is -0.497 e. The SMILES string of the molecule is COc1ccc(CN(C(=O)c2cc3ccccc3oc2=O)c2cccc(OC)c2)cc1. The molecule has 0 fully saturated rings. The van der Waals surface area contributed by atoms with Crippen LogP contribution < -0.4 is 20.0 Å². The second-order valence-electron chi connectivity index (χ2n) is 6.93. The van der Waals surface area contributed by atoms with Crippen LogP contribution in [0.4, 0.5) is 5.69 Å². The van der Waals surface area contributed by atoms with Gasteiger partial charge in [-0.25, -0.2) is 4.79 Å². The van der Waals surface area contributed by atoms with Crippen molar-refractivity contribution in [3.8, 4) is 11.5 Å². The topological polar surface area (TPSA) is 69.0 Å². The van der Waals surface area contributed by atoms with E-state index in [1.807, 2.05) is 30.3 Å². The van der Waals surface area contributed by atoms with Crippen molar-refractivity contribution in [2.75, 3.05) is 19.1 Å². The number of nitrogens with zero attached hydrogens (tertiary/aromatic N) is 1. The standard InChI is InChI=1S/C25H21NO5/c1-29-20-12-10-17(11-13-20)16-26(19-7-5-8-21(15-19)30-2)24(27)22-14-18-6-3-4-9-23(18)31-25(22)28/h3-15H,16H2,1-2H3. The summed E-state index contributed by atoms with van der Waals surface area (Å²) in [6.45, 7) is 0.252. The van der Waals surface area contributed by atoms with Gasteiger partial charge in [0, 0.05) is 17.1 Å². The van der Waals surface area contributed by atoms with Crippen molar-refractivity contribution in [3.63, 3.8) is 0 Å². The molecule has 6 nitrogen and oxygen atoms in total. The van der Waals surface area contributed by atoms with E-state index in [4.69, 9.17) is 13.9 Å². The first-order valence-electron chi connectivity index (χ1n) is 9.71. The molecule has 0 bridgehead atoms. The Labute approximate surface area is 179 Å². The molecule has 1 heterocycles. The zero-order chi connectivity index (χ0) is 21.8. The smallest absolute Gasteiger partial charge is 0.349 e. The Morgan fingerprint density at radius 1 is 0.871 bits per heavy atom. The molecule has 3 aromatic carbocycles. The molecular weight excluding hydrogens is 394 g/mol. The lowest BCUT2D eigenvalue weighted by atomic mass is 10.1. The van der Waals surface area contributed by atoms with Crippen LogP contribution >= 0.6 is 0 Å². The molecule has 6 heteroatoms. The maximum Gasteiger partial charge on any atom is 0.349 e. The van der Waals surface area contributed by atoms with Gasteiger partial charge in [0.2, 0.25) is 0 Å². The maximum atomic E-state index is 13.5. The molecule has 0 saturated carbocycles. The molecule has 0 radical (unpaired) electrons. The lowest BCUT2D eigenvalue weighted by molar-refractivity contribution is 0.0981. The van der Waals surface area contributed by atoms with E-state index in [1.165, 1.54) is 4.90 Å². The zero-order valence-corrected chi connectivity index (χ0v) is 17.2. The number of para-hydroxylation sites is 1. The number of methoxy groups -OCH3 is 2. The van der Waals surface area contributed by atoms with Crippen LogP contribution in [0, 0.1) is 0 Å². The molecule has 1 aromatic heterocycles. The first-order valence-corrected chi connectivity index (χ1v) is 9.71. The lowest BCUT2D eigenvalue weighted by Crippen LogP contribution is -2.33. The number of amides is 1. The molecular formula is C25H21NO5. The Morgan fingerprint density at radius 3 is 2.35 bits per heavy atom. The number of ether oxygens (including phenoxy) is 2. The van der Waals surface area contributed by atoms with Gasteiger partial charge in [-0.15, -0.1) is 0 Å². The summed E-state index contributed by atoms with van der Waals surface area (Å²) in [6.07, 6.45) is 0. The van der Waals surface area contributed by atoms with Crippen molar-refractivity contribution in [3.05, 3.63) is 100 Å². The Morgan fingerprint density at radius 2 is 1.61 bits per heavy atom. The number of carbonyl (C=O) groups is 1. The monoisotopic (exact) mass is 415 g/mol. The second-order valence-corrected chi connectivity index (χ2v) is 6.93.